The van der Waals surface area contributed by atoms with Crippen molar-refractivity contribution in [2.45, 2.75) is 19.4 Å². The third kappa shape index (κ3) is 5.70. The zero-order valence-electron chi connectivity index (χ0n) is 21.5. The number of anilines is 1. The van der Waals surface area contributed by atoms with E-state index in [-0.39, 0.29) is 11.1 Å². The van der Waals surface area contributed by atoms with Gasteiger partial charge in [-0.05, 0) is 60.7 Å². The summed E-state index contributed by atoms with van der Waals surface area (Å²) in [5, 5.41) is 7.35. The van der Waals surface area contributed by atoms with Crippen molar-refractivity contribution in [2.24, 2.45) is 5.92 Å². The van der Waals surface area contributed by atoms with Gasteiger partial charge in [-0.1, -0.05) is 24.3 Å². The molecule has 0 atom stereocenters. The van der Waals surface area contributed by atoms with Crippen molar-refractivity contribution in [3.05, 3.63) is 83.2 Å². The Labute approximate surface area is 234 Å². The van der Waals surface area contributed by atoms with E-state index in [1.165, 1.54) is 6.20 Å². The van der Waals surface area contributed by atoms with Crippen LogP contribution < -0.4 is 15.5 Å². The van der Waals surface area contributed by atoms with Gasteiger partial charge in [-0.15, -0.1) is 0 Å². The van der Waals surface area contributed by atoms with Gasteiger partial charge in [0, 0.05) is 54.7 Å². The molecule has 2 fully saturated rings. The van der Waals surface area contributed by atoms with E-state index in [9.17, 15) is 14.0 Å². The average Bonchev–Trinajstić information content (AvgIpc) is 3.30. The molecule has 2 aliphatic rings. The third-order valence-corrected chi connectivity index (χ3v) is 7.92. The van der Waals surface area contributed by atoms with E-state index < -0.39 is 5.91 Å². The minimum absolute atomic E-state index is 0.325. The van der Waals surface area contributed by atoms with Gasteiger partial charge in [0.2, 0.25) is 5.95 Å². The van der Waals surface area contributed by atoms with E-state index in [1.807, 2.05) is 30.5 Å². The molecular weight excluding hydrogens is 529 g/mol. The second kappa shape index (κ2) is 11.5. The van der Waals surface area contributed by atoms with Crippen molar-refractivity contribution in [1.29, 1.82) is 0 Å². The lowest BCUT2D eigenvalue weighted by molar-refractivity contribution is -0.115. The van der Waals surface area contributed by atoms with Crippen molar-refractivity contribution in [1.82, 2.24) is 30.6 Å². The largest absolute Gasteiger partial charge is 0.341 e. The lowest BCUT2D eigenvalue weighted by atomic mass is 9.97. The molecular formula is C29H26FN7O2S. The molecule has 1 aromatic carbocycles. The second-order valence-electron chi connectivity index (χ2n) is 9.76. The summed E-state index contributed by atoms with van der Waals surface area (Å²) in [6, 6.07) is 11.5. The molecule has 2 saturated heterocycles. The molecule has 2 amide bonds. The zero-order valence-corrected chi connectivity index (χ0v) is 22.3. The maximum Gasteiger partial charge on any atom is 0.290 e. The van der Waals surface area contributed by atoms with Crippen LogP contribution in [-0.4, -0.2) is 50.7 Å². The number of nitrogens with zero attached hydrogens (tertiary/aromatic N) is 5. The number of fused-ring (bicyclic) bond motifs is 1. The Morgan fingerprint density at radius 3 is 2.77 bits per heavy atom. The first kappa shape index (κ1) is 26.0. The number of amides is 2. The van der Waals surface area contributed by atoms with Crippen molar-refractivity contribution < 1.29 is 14.0 Å². The zero-order chi connectivity index (χ0) is 27.5. The van der Waals surface area contributed by atoms with Gasteiger partial charge >= 0.3 is 0 Å². The predicted molar refractivity (Wildman–Crippen MR) is 153 cm³/mol. The number of nitrogens with one attached hydrogen (secondary N) is 2. The van der Waals surface area contributed by atoms with Crippen molar-refractivity contribution in [2.75, 3.05) is 24.5 Å². The molecule has 4 aromatic rings. The molecule has 0 radical (unpaired) electrons. The summed E-state index contributed by atoms with van der Waals surface area (Å²) in [7, 11) is 0. The van der Waals surface area contributed by atoms with Crippen LogP contribution in [0.25, 0.3) is 28.1 Å². The van der Waals surface area contributed by atoms with Gasteiger partial charge in [0.15, 0.2) is 0 Å². The first-order valence-corrected chi connectivity index (χ1v) is 13.9. The Morgan fingerprint density at radius 1 is 1.10 bits per heavy atom. The van der Waals surface area contributed by atoms with Gasteiger partial charge in [0.25, 0.3) is 11.1 Å². The van der Waals surface area contributed by atoms with Gasteiger partial charge in [-0.2, -0.15) is 0 Å². The molecule has 2 N–H and O–H groups in total. The highest BCUT2D eigenvalue weighted by Crippen LogP contribution is 2.28. The maximum absolute atomic E-state index is 14.6. The first-order chi connectivity index (χ1) is 19.5. The minimum Gasteiger partial charge on any atom is -0.341 e. The van der Waals surface area contributed by atoms with Crippen LogP contribution in [-0.2, 0) is 11.3 Å². The molecule has 11 heteroatoms. The number of carbonyl (C=O) groups excluding carboxylic acids is 2. The molecule has 3 aromatic heterocycles. The third-order valence-electron chi connectivity index (χ3n) is 7.11. The van der Waals surface area contributed by atoms with Gasteiger partial charge < -0.3 is 10.2 Å². The summed E-state index contributed by atoms with van der Waals surface area (Å²) in [5.74, 6) is 0.309. The number of thioether (sulfide) groups is 1. The van der Waals surface area contributed by atoms with Crippen LogP contribution in [0, 0.1) is 11.7 Å². The summed E-state index contributed by atoms with van der Waals surface area (Å²) in [5.41, 5.74) is 2.74. The Morgan fingerprint density at radius 2 is 1.95 bits per heavy atom. The molecule has 0 unspecified atom stereocenters. The Hall–Kier alpha value is -4.22. The molecule has 2 aliphatic heterocycles. The van der Waals surface area contributed by atoms with Gasteiger partial charge in [-0.25, -0.2) is 14.4 Å². The van der Waals surface area contributed by atoms with Crippen LogP contribution in [0.1, 0.15) is 24.1 Å². The van der Waals surface area contributed by atoms with Crippen LogP contribution in [0.15, 0.2) is 66.1 Å². The molecule has 5 heterocycles. The number of hydrogen-bond acceptors (Lipinski definition) is 9. The van der Waals surface area contributed by atoms with Gasteiger partial charge in [0.05, 0.1) is 22.5 Å². The van der Waals surface area contributed by atoms with Crippen molar-refractivity contribution in [3.8, 4) is 11.3 Å². The smallest absolute Gasteiger partial charge is 0.290 e. The van der Waals surface area contributed by atoms with E-state index in [4.69, 9.17) is 0 Å². The molecule has 0 spiro atoms. The van der Waals surface area contributed by atoms with E-state index in [2.05, 4.69) is 35.5 Å². The normalized spacial score (nSPS) is 17.1. The fourth-order valence-electron chi connectivity index (χ4n) is 4.98. The summed E-state index contributed by atoms with van der Waals surface area (Å²) < 4.78 is 14.6. The molecule has 0 saturated carbocycles. The lowest BCUT2D eigenvalue weighted by Gasteiger charge is -2.32. The average molecular weight is 556 g/mol. The second-order valence-corrected chi connectivity index (χ2v) is 10.8. The maximum atomic E-state index is 14.6. The van der Waals surface area contributed by atoms with E-state index in [1.54, 1.807) is 30.6 Å². The highest BCUT2D eigenvalue weighted by molar-refractivity contribution is 8.18. The van der Waals surface area contributed by atoms with Gasteiger partial charge in [0.1, 0.15) is 5.82 Å². The number of carbonyl (C=O) groups is 2. The number of imide groups is 1. The van der Waals surface area contributed by atoms with Crippen LogP contribution in [0.4, 0.5) is 15.1 Å². The van der Waals surface area contributed by atoms with Crippen LogP contribution in [0.5, 0.6) is 0 Å². The molecule has 0 aliphatic carbocycles. The molecule has 202 valence electrons. The molecule has 9 nitrogen and oxygen atoms in total. The van der Waals surface area contributed by atoms with Crippen LogP contribution >= 0.6 is 11.8 Å². The van der Waals surface area contributed by atoms with Crippen LogP contribution in [0.2, 0.25) is 0 Å². The Balaban J connectivity index is 1.04. The van der Waals surface area contributed by atoms with Crippen molar-refractivity contribution in [3.63, 3.8) is 0 Å². The number of aromatic nitrogens is 4. The van der Waals surface area contributed by atoms with E-state index in [0.717, 1.165) is 60.6 Å². The molecule has 6 rings (SSSR count). The number of rotatable bonds is 7. The predicted octanol–water partition coefficient (Wildman–Crippen LogP) is 4.56. The number of pyridine rings is 2. The quantitative estimate of drug-likeness (QED) is 0.317. The van der Waals surface area contributed by atoms with E-state index >= 15 is 0 Å². The lowest BCUT2D eigenvalue weighted by Crippen LogP contribution is -2.38. The fraction of sp³-hybridized carbons (Fsp3) is 0.241. The number of halogens is 1. The monoisotopic (exact) mass is 555 g/mol. The van der Waals surface area contributed by atoms with E-state index in [0.29, 0.717) is 40.3 Å². The molecule has 40 heavy (non-hydrogen) atoms. The highest BCUT2D eigenvalue weighted by atomic mass is 32.2. The topological polar surface area (TPSA) is 113 Å². The number of hydrogen-bond donors (Lipinski definition) is 2. The minimum atomic E-state index is -0.406. The summed E-state index contributed by atoms with van der Waals surface area (Å²) >= 11 is 0.868. The fourth-order valence-corrected chi connectivity index (χ4v) is 5.65. The van der Waals surface area contributed by atoms with Crippen LogP contribution in [0.3, 0.4) is 0 Å². The number of piperidine rings is 1. The standard InChI is InChI=1S/C29H26FN7O2S/c30-24-17-34-25(23-16-32-14-19-3-1-2-4-22(19)23)11-20(24)15-31-13-18-6-9-37(10-7-18)28-33-8-5-21(35-28)12-26-27(38)36-29(39)40-26/h1-5,8,11-12,14,16-18,31H,6-7,9-10,13,15H2,(H,36,38,39). The SMILES string of the molecule is O=C1NC(=O)C(=Cc2ccnc(N3CCC(CNCc4cc(-c5cncc6ccccc56)ncc4F)CC3)n2)S1. The number of benzene rings is 1. The Kier molecular flexibility index (Phi) is 7.47. The first-order valence-electron chi connectivity index (χ1n) is 13.0. The summed E-state index contributed by atoms with van der Waals surface area (Å²) in [4.78, 5) is 43.3. The summed E-state index contributed by atoms with van der Waals surface area (Å²) in [6.45, 7) is 2.77. The molecule has 0 bridgehead atoms. The highest BCUT2D eigenvalue weighted by Gasteiger charge is 2.26. The van der Waals surface area contributed by atoms with Crippen molar-refractivity contribution >= 4 is 45.7 Å². The Bertz CT molecular complexity index is 1620. The summed E-state index contributed by atoms with van der Waals surface area (Å²) in [6.07, 6.45) is 10.0. The van der Waals surface area contributed by atoms with Gasteiger partial charge in [-0.3, -0.25) is 24.9 Å².